The molecule has 0 heterocycles. The van der Waals surface area contributed by atoms with Gasteiger partial charge in [0.2, 0.25) is 5.91 Å². The molecular formula is C10H13BrClIN2O. The second-order valence-corrected chi connectivity index (χ2v) is 5.82. The van der Waals surface area contributed by atoms with Gasteiger partial charge < -0.3 is 11.1 Å². The Morgan fingerprint density at radius 3 is 2.50 bits per heavy atom. The molecule has 1 amide bonds. The fraction of sp³-hybridized carbons (Fsp3) is 0.300. The molecular weight excluding hydrogens is 406 g/mol. The molecule has 3 nitrogen and oxygen atoms in total. The Morgan fingerprint density at radius 2 is 2.06 bits per heavy atom. The number of halogens is 3. The highest BCUT2D eigenvalue weighted by molar-refractivity contribution is 14.1. The van der Waals surface area contributed by atoms with Crippen LogP contribution in [-0.2, 0) is 4.79 Å². The van der Waals surface area contributed by atoms with E-state index in [0.717, 1.165) is 13.7 Å². The predicted molar refractivity (Wildman–Crippen MR) is 81.0 cm³/mol. The van der Waals surface area contributed by atoms with Crippen molar-refractivity contribution in [2.45, 2.75) is 19.4 Å². The summed E-state index contributed by atoms with van der Waals surface area (Å²) >= 11 is 5.58. The zero-order valence-electron chi connectivity index (χ0n) is 8.88. The normalized spacial score (nSPS) is 10.6. The van der Waals surface area contributed by atoms with Crippen molar-refractivity contribution in [3.05, 3.63) is 26.2 Å². The lowest BCUT2D eigenvalue weighted by Gasteiger charge is -2.17. The van der Waals surface area contributed by atoms with Crippen molar-refractivity contribution in [3.8, 4) is 0 Å². The average Bonchev–Trinajstić information content (AvgIpc) is 2.10. The number of benzene rings is 1. The Morgan fingerprint density at radius 1 is 1.50 bits per heavy atom. The minimum atomic E-state index is -0.863. The van der Waals surface area contributed by atoms with Crippen LogP contribution in [0.25, 0.3) is 0 Å². The lowest BCUT2D eigenvalue weighted by Crippen LogP contribution is -2.45. The molecule has 1 aromatic rings. The van der Waals surface area contributed by atoms with Crippen LogP contribution in [-0.4, -0.2) is 11.4 Å². The summed E-state index contributed by atoms with van der Waals surface area (Å²) in [6.07, 6.45) is 0. The second-order valence-electron chi connectivity index (χ2n) is 3.80. The van der Waals surface area contributed by atoms with Crippen LogP contribution in [0, 0.1) is 3.57 Å². The number of nitrogens with two attached hydrogens (primary N) is 1. The molecule has 90 valence electrons. The maximum atomic E-state index is 11.6. The van der Waals surface area contributed by atoms with Gasteiger partial charge in [0.05, 0.1) is 5.54 Å². The lowest BCUT2D eigenvalue weighted by molar-refractivity contribution is -0.120. The highest BCUT2D eigenvalue weighted by atomic mass is 127. The molecule has 0 unspecified atom stereocenters. The van der Waals surface area contributed by atoms with Gasteiger partial charge in [-0.1, -0.05) is 0 Å². The fourth-order valence-corrected chi connectivity index (χ4v) is 1.63. The van der Waals surface area contributed by atoms with Crippen LogP contribution in [0.5, 0.6) is 0 Å². The van der Waals surface area contributed by atoms with Gasteiger partial charge in [0.1, 0.15) is 0 Å². The predicted octanol–water partition coefficient (Wildman–Crippen LogP) is 3.15. The van der Waals surface area contributed by atoms with E-state index in [1.807, 2.05) is 18.2 Å². The van der Waals surface area contributed by atoms with E-state index in [2.05, 4.69) is 43.8 Å². The molecule has 0 atom stereocenters. The number of rotatable bonds is 2. The standard InChI is InChI=1S/C10H12BrIN2O.ClH/c1-10(2,13)9(15)14-6-3-4-7(11)8(12)5-6;/h3-5H,13H2,1-2H3,(H,14,15);1H. The zero-order chi connectivity index (χ0) is 11.6. The maximum Gasteiger partial charge on any atom is 0.243 e. The van der Waals surface area contributed by atoms with E-state index in [0.29, 0.717) is 0 Å². The molecule has 0 aliphatic carbocycles. The second kappa shape index (κ2) is 6.18. The molecule has 0 saturated carbocycles. The van der Waals surface area contributed by atoms with Crippen molar-refractivity contribution < 1.29 is 4.79 Å². The van der Waals surface area contributed by atoms with Gasteiger partial charge >= 0.3 is 0 Å². The van der Waals surface area contributed by atoms with Crippen LogP contribution in [0.4, 0.5) is 5.69 Å². The number of carbonyl (C=O) groups is 1. The summed E-state index contributed by atoms with van der Waals surface area (Å²) in [7, 11) is 0. The van der Waals surface area contributed by atoms with Crippen molar-refractivity contribution in [1.29, 1.82) is 0 Å². The van der Waals surface area contributed by atoms with Gasteiger partial charge in [-0.2, -0.15) is 0 Å². The molecule has 6 heteroatoms. The van der Waals surface area contributed by atoms with Gasteiger partial charge in [-0.05, 0) is 70.6 Å². The third-order valence-corrected chi connectivity index (χ3v) is 4.09. The molecule has 1 rings (SSSR count). The minimum Gasteiger partial charge on any atom is -0.324 e. The van der Waals surface area contributed by atoms with E-state index < -0.39 is 5.54 Å². The number of nitrogens with one attached hydrogen (secondary N) is 1. The van der Waals surface area contributed by atoms with Crippen LogP contribution >= 0.6 is 50.9 Å². The Bertz CT molecular complexity index is 393. The molecule has 0 aromatic heterocycles. The highest BCUT2D eigenvalue weighted by Gasteiger charge is 2.21. The summed E-state index contributed by atoms with van der Waals surface area (Å²) in [5.74, 6) is -0.194. The van der Waals surface area contributed by atoms with Crippen LogP contribution < -0.4 is 11.1 Å². The van der Waals surface area contributed by atoms with Crippen molar-refractivity contribution in [3.63, 3.8) is 0 Å². The van der Waals surface area contributed by atoms with E-state index in [-0.39, 0.29) is 18.3 Å². The number of carbonyl (C=O) groups excluding carboxylic acids is 1. The Kier molecular flexibility index (Phi) is 6.24. The first-order chi connectivity index (χ1) is 6.80. The van der Waals surface area contributed by atoms with Crippen molar-refractivity contribution >= 4 is 62.5 Å². The van der Waals surface area contributed by atoms with Gasteiger partial charge in [-0.25, -0.2) is 0 Å². The molecule has 16 heavy (non-hydrogen) atoms. The third kappa shape index (κ3) is 4.57. The average molecular weight is 419 g/mol. The number of hydrogen-bond donors (Lipinski definition) is 2. The zero-order valence-corrected chi connectivity index (χ0v) is 13.4. The van der Waals surface area contributed by atoms with Crippen molar-refractivity contribution in [1.82, 2.24) is 0 Å². The van der Waals surface area contributed by atoms with E-state index in [1.54, 1.807) is 13.8 Å². The van der Waals surface area contributed by atoms with Gasteiger partial charge in [0.25, 0.3) is 0 Å². The molecule has 0 radical (unpaired) electrons. The first kappa shape index (κ1) is 16.1. The largest absolute Gasteiger partial charge is 0.324 e. The molecule has 3 N–H and O–H groups in total. The maximum absolute atomic E-state index is 11.6. The van der Waals surface area contributed by atoms with Crippen LogP contribution in [0.3, 0.4) is 0 Å². The Labute approximate surface area is 123 Å². The number of hydrogen-bond acceptors (Lipinski definition) is 2. The summed E-state index contributed by atoms with van der Waals surface area (Å²) < 4.78 is 2.05. The van der Waals surface area contributed by atoms with Crippen LogP contribution in [0.15, 0.2) is 22.7 Å². The molecule has 0 bridgehead atoms. The summed E-state index contributed by atoms with van der Waals surface area (Å²) in [5, 5.41) is 2.76. The highest BCUT2D eigenvalue weighted by Crippen LogP contribution is 2.22. The summed E-state index contributed by atoms with van der Waals surface area (Å²) in [6, 6.07) is 5.60. The number of anilines is 1. The SMILES string of the molecule is CC(C)(N)C(=O)Nc1ccc(Br)c(I)c1.Cl. The molecule has 0 aliphatic heterocycles. The van der Waals surface area contributed by atoms with Gasteiger partial charge in [-0.15, -0.1) is 12.4 Å². The summed E-state index contributed by atoms with van der Waals surface area (Å²) in [6.45, 7) is 3.35. The van der Waals surface area contributed by atoms with E-state index >= 15 is 0 Å². The summed E-state index contributed by atoms with van der Waals surface area (Å²) in [4.78, 5) is 11.6. The van der Waals surface area contributed by atoms with Gasteiger partial charge in [0, 0.05) is 13.7 Å². The molecule has 0 fully saturated rings. The molecule has 0 spiro atoms. The fourth-order valence-electron chi connectivity index (χ4n) is 0.866. The Balaban J connectivity index is 0.00000225. The molecule has 0 aliphatic rings. The van der Waals surface area contributed by atoms with Crippen molar-refractivity contribution in [2.24, 2.45) is 5.73 Å². The lowest BCUT2D eigenvalue weighted by atomic mass is 10.1. The summed E-state index contributed by atoms with van der Waals surface area (Å²) in [5.41, 5.74) is 5.56. The smallest absolute Gasteiger partial charge is 0.243 e. The quantitative estimate of drug-likeness (QED) is 0.724. The first-order valence-corrected chi connectivity index (χ1v) is 6.23. The van der Waals surface area contributed by atoms with Gasteiger partial charge in [0.15, 0.2) is 0 Å². The molecule has 0 saturated heterocycles. The van der Waals surface area contributed by atoms with E-state index in [4.69, 9.17) is 5.73 Å². The van der Waals surface area contributed by atoms with Crippen LogP contribution in [0.1, 0.15) is 13.8 Å². The number of amides is 1. The van der Waals surface area contributed by atoms with E-state index in [9.17, 15) is 4.79 Å². The monoisotopic (exact) mass is 418 g/mol. The van der Waals surface area contributed by atoms with E-state index in [1.165, 1.54) is 0 Å². The third-order valence-electron chi connectivity index (χ3n) is 1.76. The van der Waals surface area contributed by atoms with Crippen molar-refractivity contribution in [2.75, 3.05) is 5.32 Å². The first-order valence-electron chi connectivity index (χ1n) is 4.36. The van der Waals surface area contributed by atoms with Crippen LogP contribution in [0.2, 0.25) is 0 Å². The Hall–Kier alpha value is 0.150. The van der Waals surface area contributed by atoms with Gasteiger partial charge in [-0.3, -0.25) is 4.79 Å². The molecule has 1 aromatic carbocycles. The topological polar surface area (TPSA) is 55.1 Å². The minimum absolute atomic E-state index is 0.